The molecule has 0 atom stereocenters. The second-order valence-electron chi connectivity index (χ2n) is 3.85. The third-order valence-electron chi connectivity index (χ3n) is 2.63. The molecule has 1 heterocycles. The Kier molecular flexibility index (Phi) is 4.19. The molecular weight excluding hydrogens is 266 g/mol. The van der Waals surface area contributed by atoms with E-state index in [1.165, 1.54) is 0 Å². The molecule has 18 heavy (non-hydrogen) atoms. The van der Waals surface area contributed by atoms with Crippen molar-refractivity contribution in [1.82, 2.24) is 4.98 Å². The van der Waals surface area contributed by atoms with Gasteiger partial charge >= 0.3 is 0 Å². The highest BCUT2D eigenvalue weighted by molar-refractivity contribution is 7.09. The van der Waals surface area contributed by atoms with Crippen LogP contribution in [0, 0.1) is 11.3 Å². The maximum Gasteiger partial charge on any atom is 0.101 e. The zero-order chi connectivity index (χ0) is 13.0. The molecule has 0 unspecified atom stereocenters. The lowest BCUT2D eigenvalue weighted by molar-refractivity contribution is 0.868. The number of nitriles is 1. The number of nitrogens with zero attached hydrogens (tertiary/aromatic N) is 3. The average Bonchev–Trinajstić information content (AvgIpc) is 2.88. The number of anilines is 1. The van der Waals surface area contributed by atoms with Gasteiger partial charge in [0.2, 0.25) is 0 Å². The Morgan fingerprint density at radius 2 is 2.33 bits per heavy atom. The zero-order valence-corrected chi connectivity index (χ0v) is 11.5. The van der Waals surface area contributed by atoms with Gasteiger partial charge in [-0.3, -0.25) is 0 Å². The van der Waals surface area contributed by atoms with E-state index in [9.17, 15) is 0 Å². The van der Waals surface area contributed by atoms with Crippen LogP contribution in [0.2, 0.25) is 5.02 Å². The molecule has 1 aromatic carbocycles. The molecule has 0 bridgehead atoms. The summed E-state index contributed by atoms with van der Waals surface area (Å²) in [6.07, 6.45) is 2.65. The highest BCUT2D eigenvalue weighted by Gasteiger charge is 2.11. The van der Waals surface area contributed by atoms with E-state index >= 15 is 0 Å². The highest BCUT2D eigenvalue weighted by Crippen LogP contribution is 2.28. The Morgan fingerprint density at radius 3 is 3.00 bits per heavy atom. The lowest BCUT2D eigenvalue weighted by Gasteiger charge is -2.21. The molecule has 0 saturated heterocycles. The van der Waals surface area contributed by atoms with Gasteiger partial charge < -0.3 is 4.90 Å². The molecule has 1 aromatic heterocycles. The number of rotatable bonds is 4. The molecule has 0 radical (unpaired) electrons. The number of thiazole rings is 1. The summed E-state index contributed by atoms with van der Waals surface area (Å²) in [5, 5.41) is 12.8. The summed E-state index contributed by atoms with van der Waals surface area (Å²) in [5.74, 6) is 0. The molecule has 0 amide bonds. The Balaban J connectivity index is 2.14. The van der Waals surface area contributed by atoms with Crippen molar-refractivity contribution >= 4 is 28.6 Å². The van der Waals surface area contributed by atoms with Gasteiger partial charge in [-0.1, -0.05) is 17.7 Å². The molecular formula is C13H12ClN3S. The normalized spacial score (nSPS) is 10.1. The summed E-state index contributed by atoms with van der Waals surface area (Å²) in [6.45, 7) is 0.784. The minimum Gasteiger partial charge on any atom is -0.372 e. The fourth-order valence-electron chi connectivity index (χ4n) is 1.75. The van der Waals surface area contributed by atoms with Gasteiger partial charge in [0.05, 0.1) is 21.3 Å². The first-order valence-corrected chi connectivity index (χ1v) is 6.76. The van der Waals surface area contributed by atoms with Gasteiger partial charge in [-0.25, -0.2) is 4.98 Å². The first-order valence-electron chi connectivity index (χ1n) is 5.50. The maximum atomic E-state index is 9.10. The third kappa shape index (κ3) is 2.81. The van der Waals surface area contributed by atoms with Gasteiger partial charge in [0.25, 0.3) is 0 Å². The molecule has 2 rings (SSSR count). The number of halogens is 1. The van der Waals surface area contributed by atoms with Crippen LogP contribution in [0.3, 0.4) is 0 Å². The second kappa shape index (κ2) is 5.85. The predicted molar refractivity (Wildman–Crippen MR) is 75.3 cm³/mol. The van der Waals surface area contributed by atoms with Crippen molar-refractivity contribution in [2.45, 2.75) is 6.42 Å². The van der Waals surface area contributed by atoms with Gasteiger partial charge in [0.15, 0.2) is 0 Å². The summed E-state index contributed by atoms with van der Waals surface area (Å²) in [7, 11) is 1.94. The fraction of sp³-hybridized carbons (Fsp3) is 0.231. The Hall–Kier alpha value is -1.57. The molecule has 0 aliphatic rings. The van der Waals surface area contributed by atoms with Gasteiger partial charge in [-0.05, 0) is 12.1 Å². The quantitative estimate of drug-likeness (QED) is 0.860. The molecule has 3 nitrogen and oxygen atoms in total. The topological polar surface area (TPSA) is 39.9 Å². The molecule has 0 fully saturated rings. The third-order valence-corrected chi connectivity index (χ3v) is 3.78. The number of benzene rings is 1. The van der Waals surface area contributed by atoms with E-state index in [1.807, 2.05) is 17.3 Å². The van der Waals surface area contributed by atoms with Crippen molar-refractivity contribution in [3.63, 3.8) is 0 Å². The fourth-order valence-corrected chi connectivity index (χ4v) is 2.67. The first-order chi connectivity index (χ1) is 8.72. The molecule has 0 aliphatic heterocycles. The Labute approximate surface area is 115 Å². The predicted octanol–water partition coefficient (Wildman–Crippen LogP) is 3.35. The van der Waals surface area contributed by atoms with Gasteiger partial charge in [0, 0.05) is 31.6 Å². The van der Waals surface area contributed by atoms with E-state index in [1.54, 1.807) is 35.7 Å². The van der Waals surface area contributed by atoms with Crippen molar-refractivity contribution in [3.8, 4) is 6.07 Å². The minimum absolute atomic E-state index is 0.601. The molecule has 0 N–H and O–H groups in total. The summed E-state index contributed by atoms with van der Waals surface area (Å²) in [4.78, 5) is 6.24. The van der Waals surface area contributed by atoms with Crippen LogP contribution < -0.4 is 4.90 Å². The van der Waals surface area contributed by atoms with Crippen molar-refractivity contribution < 1.29 is 0 Å². The van der Waals surface area contributed by atoms with Gasteiger partial charge in [-0.15, -0.1) is 11.3 Å². The monoisotopic (exact) mass is 277 g/mol. The van der Waals surface area contributed by atoms with Crippen molar-refractivity contribution in [1.29, 1.82) is 5.26 Å². The SMILES string of the molecule is CN(CCc1nccs1)c1c(Cl)cccc1C#N. The van der Waals surface area contributed by atoms with Crippen LogP contribution in [-0.4, -0.2) is 18.6 Å². The van der Waals surface area contributed by atoms with Crippen LogP contribution in [0.5, 0.6) is 0 Å². The van der Waals surface area contributed by atoms with E-state index in [2.05, 4.69) is 11.1 Å². The zero-order valence-electron chi connectivity index (χ0n) is 9.93. The van der Waals surface area contributed by atoms with E-state index in [0.717, 1.165) is 23.7 Å². The van der Waals surface area contributed by atoms with E-state index in [4.69, 9.17) is 16.9 Å². The molecule has 0 spiro atoms. The molecule has 5 heteroatoms. The largest absolute Gasteiger partial charge is 0.372 e. The number of likely N-dealkylation sites (N-methyl/N-ethyl adjacent to an activating group) is 1. The second-order valence-corrected chi connectivity index (χ2v) is 5.23. The first kappa shape index (κ1) is 12.9. The molecule has 0 aliphatic carbocycles. The lowest BCUT2D eigenvalue weighted by Crippen LogP contribution is -2.21. The van der Waals surface area contributed by atoms with Crippen molar-refractivity contribution in [2.24, 2.45) is 0 Å². The van der Waals surface area contributed by atoms with Crippen LogP contribution in [0.25, 0.3) is 0 Å². The van der Waals surface area contributed by atoms with Gasteiger partial charge in [-0.2, -0.15) is 5.26 Å². The van der Waals surface area contributed by atoms with Crippen LogP contribution in [-0.2, 0) is 6.42 Å². The smallest absolute Gasteiger partial charge is 0.101 e. The van der Waals surface area contributed by atoms with Crippen LogP contribution in [0.15, 0.2) is 29.8 Å². The molecule has 0 saturated carbocycles. The molecule has 92 valence electrons. The standard InChI is InChI=1S/C13H12ClN3S/c1-17(7-5-12-16-6-8-18-12)13-10(9-15)3-2-4-11(13)14/h2-4,6,8H,5,7H2,1H3. The maximum absolute atomic E-state index is 9.10. The lowest BCUT2D eigenvalue weighted by atomic mass is 10.1. The van der Waals surface area contributed by atoms with E-state index in [0.29, 0.717) is 10.6 Å². The summed E-state index contributed by atoms with van der Waals surface area (Å²) in [5.41, 5.74) is 1.39. The van der Waals surface area contributed by atoms with E-state index < -0.39 is 0 Å². The number of aromatic nitrogens is 1. The Bertz CT molecular complexity index is 560. The van der Waals surface area contributed by atoms with E-state index in [-0.39, 0.29) is 0 Å². The summed E-state index contributed by atoms with van der Waals surface area (Å²) < 4.78 is 0. The summed E-state index contributed by atoms with van der Waals surface area (Å²) in [6, 6.07) is 7.54. The minimum atomic E-state index is 0.601. The number of hydrogen-bond acceptors (Lipinski definition) is 4. The van der Waals surface area contributed by atoms with Crippen LogP contribution in [0.4, 0.5) is 5.69 Å². The van der Waals surface area contributed by atoms with Crippen LogP contribution >= 0.6 is 22.9 Å². The van der Waals surface area contributed by atoms with Gasteiger partial charge in [0.1, 0.15) is 6.07 Å². The highest BCUT2D eigenvalue weighted by atomic mass is 35.5. The molecule has 2 aromatic rings. The number of hydrogen-bond donors (Lipinski definition) is 0. The number of para-hydroxylation sites is 1. The summed E-state index contributed by atoms with van der Waals surface area (Å²) >= 11 is 7.80. The Morgan fingerprint density at radius 1 is 1.50 bits per heavy atom. The van der Waals surface area contributed by atoms with Crippen LogP contribution in [0.1, 0.15) is 10.6 Å². The van der Waals surface area contributed by atoms with Crippen molar-refractivity contribution in [3.05, 3.63) is 45.4 Å². The average molecular weight is 278 g/mol. The van der Waals surface area contributed by atoms with Crippen molar-refractivity contribution in [2.75, 3.05) is 18.5 Å².